The normalized spacial score (nSPS) is 13.1. The lowest BCUT2D eigenvalue weighted by atomic mass is 10.0. The van der Waals surface area contributed by atoms with Crippen LogP contribution < -0.4 is 26.1 Å². The molecule has 5 aromatic rings. The van der Waals surface area contributed by atoms with Crippen LogP contribution in [0.2, 0.25) is 0 Å². The highest BCUT2D eigenvalue weighted by Gasteiger charge is 2.18. The van der Waals surface area contributed by atoms with Gasteiger partial charge in [-0.15, -0.1) is 0 Å². The molecule has 38 heavy (non-hydrogen) atoms. The highest BCUT2D eigenvalue weighted by molar-refractivity contribution is 5.78. The molecule has 1 aliphatic heterocycles. The van der Waals surface area contributed by atoms with Gasteiger partial charge in [-0.05, 0) is 42.0 Å². The number of hydrogen-bond acceptors (Lipinski definition) is 4. The third-order valence-corrected chi connectivity index (χ3v) is 6.72. The molecule has 0 saturated heterocycles. The molecular formula is C30H28N4O4. The Kier molecular flexibility index (Phi) is 5.84. The first kappa shape index (κ1) is 23.4. The largest absolute Gasteiger partial charge is 0.494 e. The number of benzene rings is 1. The van der Waals surface area contributed by atoms with E-state index >= 15 is 0 Å². The standard InChI is InChI=1S/C30H28N4O4/c1-35-25-16-24-26(17-8-6-5-7-9-17)18-10-11-19(31-18)28(36-2)20-12-13-21(32-20)29(37-3)22-14-15-23(33-22)30(38-4)27(25)34-24/h5-16,31-34H,1-4H3. The maximum absolute atomic E-state index is 5.91. The van der Waals surface area contributed by atoms with Gasteiger partial charge in [-0.3, -0.25) is 0 Å². The average Bonchev–Trinajstić information content (AvgIpc) is 3.75. The Morgan fingerprint density at radius 2 is 1.03 bits per heavy atom. The summed E-state index contributed by atoms with van der Waals surface area (Å²) in [5.41, 5.74) is 5.34. The van der Waals surface area contributed by atoms with Gasteiger partial charge in [0, 0.05) is 17.3 Å². The minimum atomic E-state index is 0.615. The maximum Gasteiger partial charge on any atom is 0.169 e. The van der Waals surface area contributed by atoms with Crippen LogP contribution in [0.3, 0.4) is 0 Å². The van der Waals surface area contributed by atoms with Crippen molar-refractivity contribution in [2.75, 3.05) is 28.4 Å². The highest BCUT2D eigenvalue weighted by Crippen LogP contribution is 2.23. The van der Waals surface area contributed by atoms with Crippen LogP contribution in [0, 0.1) is 0 Å². The van der Waals surface area contributed by atoms with Crippen molar-refractivity contribution in [2.45, 2.75) is 0 Å². The van der Waals surface area contributed by atoms with E-state index in [1.807, 2.05) is 54.6 Å². The van der Waals surface area contributed by atoms with Crippen LogP contribution in [-0.2, 0) is 14.2 Å². The molecule has 0 amide bonds. The van der Waals surface area contributed by atoms with Crippen LogP contribution in [0.25, 0.3) is 22.9 Å². The third kappa shape index (κ3) is 3.78. The molecule has 0 atom stereocenters. The predicted molar refractivity (Wildman–Crippen MR) is 145 cm³/mol. The van der Waals surface area contributed by atoms with Crippen molar-refractivity contribution in [3.63, 3.8) is 0 Å². The Labute approximate surface area is 218 Å². The van der Waals surface area contributed by atoms with Gasteiger partial charge in [0.25, 0.3) is 0 Å². The van der Waals surface area contributed by atoms with Crippen molar-refractivity contribution in [1.82, 2.24) is 19.9 Å². The zero-order valence-electron chi connectivity index (χ0n) is 21.6. The molecular weight excluding hydrogens is 480 g/mol. The smallest absolute Gasteiger partial charge is 0.169 e. The number of aromatic nitrogens is 4. The minimum absolute atomic E-state index is 0.615. The summed E-state index contributed by atoms with van der Waals surface area (Å²) in [4.78, 5) is 14.0. The van der Waals surface area contributed by atoms with Gasteiger partial charge in [0.15, 0.2) is 17.3 Å². The summed E-state index contributed by atoms with van der Waals surface area (Å²) >= 11 is 0. The summed E-state index contributed by atoms with van der Waals surface area (Å²) in [5, 5.41) is 3.21. The molecule has 4 N–H and O–H groups in total. The van der Waals surface area contributed by atoms with Gasteiger partial charge in [-0.2, -0.15) is 0 Å². The summed E-state index contributed by atoms with van der Waals surface area (Å²) < 4.78 is 23.4. The molecule has 0 radical (unpaired) electrons. The number of nitrogens with one attached hydrogen (secondary N) is 4. The fourth-order valence-electron chi connectivity index (χ4n) is 5.03. The molecule has 0 spiro atoms. The summed E-state index contributed by atoms with van der Waals surface area (Å²) in [6.45, 7) is 0. The van der Waals surface area contributed by atoms with Crippen molar-refractivity contribution in [3.05, 3.63) is 123 Å². The second kappa shape index (κ2) is 9.48. The Bertz CT molecular complexity index is 1870. The van der Waals surface area contributed by atoms with Crippen LogP contribution in [0.1, 0.15) is 28.3 Å². The van der Waals surface area contributed by atoms with Crippen molar-refractivity contribution >= 4 is 22.9 Å². The van der Waals surface area contributed by atoms with E-state index in [4.69, 9.17) is 18.9 Å². The Balaban J connectivity index is 1.79. The van der Waals surface area contributed by atoms with Crippen LogP contribution in [-0.4, -0.2) is 48.4 Å². The molecule has 8 heteroatoms. The Hall–Kier alpha value is -4.98. The van der Waals surface area contributed by atoms with Gasteiger partial charge in [0.1, 0.15) is 11.1 Å². The molecule has 0 aliphatic carbocycles. The van der Waals surface area contributed by atoms with Gasteiger partial charge in [0.05, 0.1) is 61.6 Å². The molecule has 8 bridgehead atoms. The topological polar surface area (TPSA) is 100 Å². The van der Waals surface area contributed by atoms with Crippen LogP contribution in [0.15, 0.2) is 72.8 Å². The van der Waals surface area contributed by atoms with E-state index in [1.54, 1.807) is 28.4 Å². The van der Waals surface area contributed by atoms with Crippen molar-refractivity contribution in [1.29, 1.82) is 0 Å². The zero-order chi connectivity index (χ0) is 26.2. The molecule has 0 fully saturated rings. The number of methoxy groups -OCH3 is 4. The molecule has 6 rings (SSSR count). The number of rotatable bonds is 5. The molecule has 0 saturated carbocycles. The minimum Gasteiger partial charge on any atom is -0.494 e. The fraction of sp³-hybridized carbons (Fsp3) is 0.133. The SMILES string of the molecule is COC1=c2ccc([nH]2)=C(OC)c2ccc([nH]2)C(OC)=c2[nH]c(cc2OC)=C(c2ccccc2)c2ccc1[nH]2. The number of fused-ring (bicyclic) bond motifs is 8. The lowest BCUT2D eigenvalue weighted by molar-refractivity contribution is 0.357. The fourth-order valence-corrected chi connectivity index (χ4v) is 5.03. The van der Waals surface area contributed by atoms with E-state index in [0.29, 0.717) is 23.0 Å². The molecule has 1 aliphatic rings. The van der Waals surface area contributed by atoms with Crippen molar-refractivity contribution in [3.8, 4) is 5.75 Å². The molecule has 192 valence electrons. The highest BCUT2D eigenvalue weighted by atomic mass is 16.5. The van der Waals surface area contributed by atoms with E-state index in [9.17, 15) is 0 Å². The second-order valence-electron chi connectivity index (χ2n) is 8.82. The Morgan fingerprint density at radius 1 is 0.474 bits per heavy atom. The number of H-pyrrole nitrogens is 4. The van der Waals surface area contributed by atoms with Crippen molar-refractivity contribution < 1.29 is 18.9 Å². The summed E-state index contributed by atoms with van der Waals surface area (Å²) in [7, 11) is 6.61. The summed E-state index contributed by atoms with van der Waals surface area (Å²) in [5.74, 6) is 2.62. The van der Waals surface area contributed by atoms with E-state index in [0.717, 1.165) is 55.3 Å². The van der Waals surface area contributed by atoms with Gasteiger partial charge < -0.3 is 38.9 Å². The number of hydrogen-bond donors (Lipinski definition) is 4. The van der Waals surface area contributed by atoms with Gasteiger partial charge in [0.2, 0.25) is 0 Å². The quantitative estimate of drug-likeness (QED) is 0.292. The lowest BCUT2D eigenvalue weighted by Gasteiger charge is -2.07. The van der Waals surface area contributed by atoms with E-state index in [1.165, 1.54) is 0 Å². The first-order valence-corrected chi connectivity index (χ1v) is 12.2. The van der Waals surface area contributed by atoms with E-state index < -0.39 is 0 Å². The number of ether oxygens (including phenoxy) is 4. The van der Waals surface area contributed by atoms with Gasteiger partial charge >= 0.3 is 0 Å². The molecule has 5 heterocycles. The van der Waals surface area contributed by atoms with E-state index in [-0.39, 0.29) is 0 Å². The summed E-state index contributed by atoms with van der Waals surface area (Å²) in [6, 6.07) is 24.1. The average molecular weight is 509 g/mol. The first-order valence-electron chi connectivity index (χ1n) is 12.2. The number of aromatic amines is 4. The monoisotopic (exact) mass is 508 g/mol. The van der Waals surface area contributed by atoms with Crippen molar-refractivity contribution in [2.24, 2.45) is 0 Å². The molecule has 1 aromatic carbocycles. The van der Waals surface area contributed by atoms with Crippen LogP contribution in [0.5, 0.6) is 5.75 Å². The Morgan fingerprint density at radius 3 is 1.61 bits per heavy atom. The zero-order valence-corrected chi connectivity index (χ0v) is 21.6. The van der Waals surface area contributed by atoms with Gasteiger partial charge in [-0.1, -0.05) is 30.3 Å². The molecule has 8 nitrogen and oxygen atoms in total. The molecule has 0 unspecified atom stereocenters. The summed E-state index contributed by atoms with van der Waals surface area (Å²) in [6.07, 6.45) is 0. The first-order chi connectivity index (χ1) is 18.6. The lowest BCUT2D eigenvalue weighted by Crippen LogP contribution is -2.19. The maximum atomic E-state index is 5.91. The van der Waals surface area contributed by atoms with Gasteiger partial charge in [-0.25, -0.2) is 0 Å². The van der Waals surface area contributed by atoms with Crippen LogP contribution in [0.4, 0.5) is 0 Å². The molecule has 4 aromatic heterocycles. The predicted octanol–water partition coefficient (Wildman–Crippen LogP) is 1.98. The van der Waals surface area contributed by atoms with Crippen LogP contribution >= 0.6 is 0 Å². The second-order valence-corrected chi connectivity index (χ2v) is 8.82. The third-order valence-electron chi connectivity index (χ3n) is 6.72. The van der Waals surface area contributed by atoms with E-state index in [2.05, 4.69) is 38.1 Å².